The van der Waals surface area contributed by atoms with Crippen molar-refractivity contribution in [1.29, 1.82) is 0 Å². The van der Waals surface area contributed by atoms with Crippen molar-refractivity contribution in [3.8, 4) is 0 Å². The molecule has 0 amide bonds. The predicted molar refractivity (Wildman–Crippen MR) is 35.3 cm³/mol. The van der Waals surface area contributed by atoms with Crippen molar-refractivity contribution in [2.45, 2.75) is 0 Å². The second-order valence-corrected chi connectivity index (χ2v) is 1.42. The van der Waals surface area contributed by atoms with Crippen LogP contribution in [0.4, 0.5) is 0 Å². The van der Waals surface area contributed by atoms with E-state index in [4.69, 9.17) is 11.5 Å². The number of hydrogen-bond donors (Lipinski definition) is 3. The van der Waals surface area contributed by atoms with Crippen molar-refractivity contribution in [2.75, 3.05) is 20.1 Å². The topological polar surface area (TPSA) is 64.1 Å². The molecule has 5 N–H and O–H groups in total. The van der Waals surface area contributed by atoms with Crippen LogP contribution in [0.1, 0.15) is 0 Å². The second kappa shape index (κ2) is 4.61. The average Bonchev–Trinajstić information content (AvgIpc) is 1.83. The van der Waals surface area contributed by atoms with E-state index < -0.39 is 0 Å². The summed E-state index contributed by atoms with van der Waals surface area (Å²) in [5.41, 5.74) is 11.5. The summed E-state index contributed by atoms with van der Waals surface area (Å²) in [4.78, 5) is 0. The Morgan fingerprint density at radius 2 is 2.25 bits per heavy atom. The second-order valence-electron chi connectivity index (χ2n) is 1.42. The average molecular weight is 115 g/mol. The van der Waals surface area contributed by atoms with Crippen LogP contribution in [-0.2, 0) is 0 Å². The lowest BCUT2D eigenvalue weighted by atomic mass is 10.4. The maximum atomic E-state index is 5.28. The molecule has 3 heteroatoms. The van der Waals surface area contributed by atoms with Crippen LogP contribution < -0.4 is 16.8 Å². The smallest absolute Gasteiger partial charge is 0.0325 e. The number of likely N-dealkylation sites (N-methyl/N-ethyl adjacent to an activating group) is 1. The molecule has 0 aliphatic heterocycles. The van der Waals surface area contributed by atoms with Gasteiger partial charge in [0.2, 0.25) is 0 Å². The molecule has 0 spiro atoms. The third-order valence-electron chi connectivity index (χ3n) is 0.905. The largest absolute Gasteiger partial charge is 0.391 e. The molecule has 0 saturated heterocycles. The summed E-state index contributed by atoms with van der Waals surface area (Å²) in [5, 5.41) is 2.91. The normalized spacial score (nSPS) is 11.6. The van der Waals surface area contributed by atoms with Gasteiger partial charge < -0.3 is 16.8 Å². The SMILES string of the molecule is CN/C(=C\CN)CN. The van der Waals surface area contributed by atoms with Gasteiger partial charge in [-0.3, -0.25) is 0 Å². The Kier molecular flexibility index (Phi) is 4.30. The van der Waals surface area contributed by atoms with Crippen LogP contribution in [0.25, 0.3) is 0 Å². The van der Waals surface area contributed by atoms with E-state index in [1.165, 1.54) is 0 Å². The Hall–Kier alpha value is -0.540. The molecule has 0 aromatic heterocycles. The van der Waals surface area contributed by atoms with E-state index >= 15 is 0 Å². The molecule has 0 saturated carbocycles. The number of rotatable bonds is 3. The van der Waals surface area contributed by atoms with Gasteiger partial charge in [0, 0.05) is 25.8 Å². The summed E-state index contributed by atoms with van der Waals surface area (Å²) in [6.07, 6.45) is 1.86. The molecule has 3 nitrogen and oxygen atoms in total. The van der Waals surface area contributed by atoms with Gasteiger partial charge in [-0.15, -0.1) is 0 Å². The third kappa shape index (κ3) is 2.60. The summed E-state index contributed by atoms with van der Waals surface area (Å²) in [7, 11) is 1.83. The first-order valence-electron chi connectivity index (χ1n) is 2.62. The van der Waals surface area contributed by atoms with Crippen molar-refractivity contribution in [2.24, 2.45) is 11.5 Å². The Bertz CT molecular complexity index is 71.7. The minimum Gasteiger partial charge on any atom is -0.391 e. The minimum atomic E-state index is 0.535. The molecule has 0 aliphatic carbocycles. The summed E-state index contributed by atoms with van der Waals surface area (Å²) in [6, 6.07) is 0. The van der Waals surface area contributed by atoms with Gasteiger partial charge in [0.25, 0.3) is 0 Å². The van der Waals surface area contributed by atoms with E-state index in [0.29, 0.717) is 13.1 Å². The van der Waals surface area contributed by atoms with E-state index in [-0.39, 0.29) is 0 Å². The minimum absolute atomic E-state index is 0.535. The van der Waals surface area contributed by atoms with Crippen molar-refractivity contribution in [3.63, 3.8) is 0 Å². The lowest BCUT2D eigenvalue weighted by molar-refractivity contribution is 0.913. The third-order valence-corrected chi connectivity index (χ3v) is 0.905. The fraction of sp³-hybridized carbons (Fsp3) is 0.600. The highest BCUT2D eigenvalue weighted by Crippen LogP contribution is 1.78. The van der Waals surface area contributed by atoms with E-state index in [9.17, 15) is 0 Å². The highest BCUT2D eigenvalue weighted by atomic mass is 14.9. The Labute approximate surface area is 49.7 Å². The van der Waals surface area contributed by atoms with E-state index in [1.807, 2.05) is 13.1 Å². The van der Waals surface area contributed by atoms with Crippen LogP contribution >= 0.6 is 0 Å². The molecule has 0 aliphatic rings. The number of nitrogens with one attached hydrogen (secondary N) is 1. The van der Waals surface area contributed by atoms with Gasteiger partial charge in [0.05, 0.1) is 0 Å². The molecule has 0 unspecified atom stereocenters. The van der Waals surface area contributed by atoms with Crippen LogP contribution in [0.2, 0.25) is 0 Å². The van der Waals surface area contributed by atoms with Crippen LogP contribution in [-0.4, -0.2) is 20.1 Å². The monoisotopic (exact) mass is 115 g/mol. The van der Waals surface area contributed by atoms with Gasteiger partial charge in [0.15, 0.2) is 0 Å². The van der Waals surface area contributed by atoms with Crippen LogP contribution in [0.5, 0.6) is 0 Å². The molecule has 0 aromatic carbocycles. The summed E-state index contributed by atoms with van der Waals surface area (Å²) in [5.74, 6) is 0. The molecule has 0 atom stereocenters. The van der Waals surface area contributed by atoms with E-state index in [1.54, 1.807) is 0 Å². The first kappa shape index (κ1) is 7.46. The standard InChI is InChI=1S/C5H13N3/c1-8-5(4-7)2-3-6/h2,8H,3-4,6-7H2,1H3/b5-2-. The fourth-order valence-electron chi connectivity index (χ4n) is 0.430. The van der Waals surface area contributed by atoms with E-state index in [0.717, 1.165) is 5.70 Å². The molecule has 0 fully saturated rings. The van der Waals surface area contributed by atoms with E-state index in [2.05, 4.69) is 5.32 Å². The molecular formula is C5H13N3. The maximum absolute atomic E-state index is 5.28. The molecule has 0 rings (SSSR count). The Balaban J connectivity index is 3.49. The fourth-order valence-corrected chi connectivity index (χ4v) is 0.430. The van der Waals surface area contributed by atoms with Crippen molar-refractivity contribution < 1.29 is 0 Å². The maximum Gasteiger partial charge on any atom is 0.0325 e. The van der Waals surface area contributed by atoms with Crippen molar-refractivity contribution in [3.05, 3.63) is 11.8 Å². The van der Waals surface area contributed by atoms with Crippen molar-refractivity contribution in [1.82, 2.24) is 5.32 Å². The first-order chi connectivity index (χ1) is 3.85. The summed E-state index contributed by atoms with van der Waals surface area (Å²) < 4.78 is 0. The highest BCUT2D eigenvalue weighted by molar-refractivity contribution is 5.00. The zero-order chi connectivity index (χ0) is 6.41. The molecule has 0 bridgehead atoms. The highest BCUT2D eigenvalue weighted by Gasteiger charge is 1.83. The Morgan fingerprint density at radius 3 is 2.38 bits per heavy atom. The number of nitrogens with two attached hydrogens (primary N) is 2. The molecule has 8 heavy (non-hydrogen) atoms. The van der Waals surface area contributed by atoms with Crippen LogP contribution in [0.15, 0.2) is 11.8 Å². The van der Waals surface area contributed by atoms with Crippen LogP contribution in [0, 0.1) is 0 Å². The first-order valence-corrected chi connectivity index (χ1v) is 2.62. The molecule has 0 heterocycles. The predicted octanol–water partition coefficient (Wildman–Crippen LogP) is -0.993. The zero-order valence-electron chi connectivity index (χ0n) is 5.15. The van der Waals surface area contributed by atoms with Gasteiger partial charge >= 0.3 is 0 Å². The lowest BCUT2D eigenvalue weighted by Gasteiger charge is -1.99. The quantitative estimate of drug-likeness (QED) is 0.442. The molecule has 0 radical (unpaired) electrons. The van der Waals surface area contributed by atoms with Gasteiger partial charge in [-0.05, 0) is 0 Å². The molecule has 0 aromatic rings. The summed E-state index contributed by atoms with van der Waals surface area (Å²) in [6.45, 7) is 1.08. The molecular weight excluding hydrogens is 102 g/mol. The molecule has 48 valence electrons. The zero-order valence-corrected chi connectivity index (χ0v) is 5.15. The van der Waals surface area contributed by atoms with Gasteiger partial charge in [0.1, 0.15) is 0 Å². The van der Waals surface area contributed by atoms with Gasteiger partial charge in [-0.25, -0.2) is 0 Å². The van der Waals surface area contributed by atoms with Gasteiger partial charge in [-0.2, -0.15) is 0 Å². The van der Waals surface area contributed by atoms with Crippen LogP contribution in [0.3, 0.4) is 0 Å². The Morgan fingerprint density at radius 1 is 1.62 bits per heavy atom. The number of hydrogen-bond acceptors (Lipinski definition) is 3. The van der Waals surface area contributed by atoms with Gasteiger partial charge in [-0.1, -0.05) is 6.08 Å². The van der Waals surface area contributed by atoms with Crippen molar-refractivity contribution >= 4 is 0 Å². The lowest BCUT2D eigenvalue weighted by Crippen LogP contribution is -2.17. The summed E-state index contributed by atoms with van der Waals surface area (Å²) >= 11 is 0.